The highest BCUT2D eigenvalue weighted by molar-refractivity contribution is 5.89. The van der Waals surface area contributed by atoms with Crippen molar-refractivity contribution < 1.29 is 29.7 Å². The number of rotatable bonds is 2. The van der Waals surface area contributed by atoms with Gasteiger partial charge in [0.1, 0.15) is 0 Å². The van der Waals surface area contributed by atoms with E-state index in [4.69, 9.17) is 20.2 Å². The molecule has 0 saturated carbocycles. The number of ether oxygens (including phenoxy) is 1. The van der Waals surface area contributed by atoms with E-state index in [1.54, 1.807) is 0 Å². The molecule has 2 fully saturated rings. The molecule has 0 aromatic heterocycles. The highest BCUT2D eigenvalue weighted by Crippen LogP contribution is 2.34. The van der Waals surface area contributed by atoms with Gasteiger partial charge in [-0.3, -0.25) is 0 Å². The standard InChI is InChI=1S/C9H16N2O2.C4H4O4/c1-11-4-2-9(3-5-11)6-8(10-12)7-13-9;5-3(6)1-2-4(7)8/h12H,2-7H2,1H3;1-2H,(H,5,6)(H,7,8)/b10-8-;2-1-. The third-order valence-corrected chi connectivity index (χ3v) is 3.48. The van der Waals surface area contributed by atoms with Crippen LogP contribution in [0.2, 0.25) is 0 Å². The second-order valence-electron chi connectivity index (χ2n) is 5.13. The molecule has 0 amide bonds. The Hall–Kier alpha value is -1.93. The highest BCUT2D eigenvalue weighted by Gasteiger charge is 2.40. The Kier molecular flexibility index (Phi) is 6.32. The average Bonchev–Trinajstić information content (AvgIpc) is 2.84. The first kappa shape index (κ1) is 17.1. The minimum atomic E-state index is -1.26. The van der Waals surface area contributed by atoms with Gasteiger partial charge in [-0.2, -0.15) is 0 Å². The number of hydrogen-bond acceptors (Lipinski definition) is 6. The lowest BCUT2D eigenvalue weighted by Gasteiger charge is -2.36. The third-order valence-electron chi connectivity index (χ3n) is 3.48. The number of carboxylic acid groups (broad SMARTS) is 2. The molecule has 0 unspecified atom stereocenters. The molecule has 0 bridgehead atoms. The van der Waals surface area contributed by atoms with Gasteiger partial charge < -0.3 is 25.1 Å². The number of hydrogen-bond donors (Lipinski definition) is 3. The van der Waals surface area contributed by atoms with Crippen molar-refractivity contribution in [2.75, 3.05) is 26.7 Å². The molecule has 2 aliphatic heterocycles. The zero-order valence-electron chi connectivity index (χ0n) is 11.9. The van der Waals surface area contributed by atoms with Crippen LogP contribution in [0.25, 0.3) is 0 Å². The van der Waals surface area contributed by atoms with Crippen molar-refractivity contribution in [2.24, 2.45) is 5.16 Å². The Morgan fingerprint density at radius 2 is 1.76 bits per heavy atom. The van der Waals surface area contributed by atoms with Gasteiger partial charge in [-0.15, -0.1) is 0 Å². The predicted octanol–water partition coefficient (Wildman–Crippen LogP) is 0.413. The quantitative estimate of drug-likeness (QED) is 0.384. The van der Waals surface area contributed by atoms with Crippen molar-refractivity contribution in [3.05, 3.63) is 12.2 Å². The second kappa shape index (κ2) is 7.75. The monoisotopic (exact) mass is 300 g/mol. The molecule has 0 aromatic carbocycles. The van der Waals surface area contributed by atoms with Crippen molar-refractivity contribution in [2.45, 2.75) is 24.9 Å². The Bertz CT molecular complexity index is 422. The zero-order chi connectivity index (χ0) is 15.9. The second-order valence-corrected chi connectivity index (χ2v) is 5.13. The van der Waals surface area contributed by atoms with E-state index in [1.807, 2.05) is 0 Å². The number of oxime groups is 1. The number of nitrogens with zero attached hydrogens (tertiary/aromatic N) is 2. The van der Waals surface area contributed by atoms with Gasteiger partial charge in [0.25, 0.3) is 0 Å². The predicted molar refractivity (Wildman–Crippen MR) is 73.7 cm³/mol. The van der Waals surface area contributed by atoms with Gasteiger partial charge in [-0.25, -0.2) is 9.59 Å². The van der Waals surface area contributed by atoms with E-state index < -0.39 is 11.9 Å². The van der Waals surface area contributed by atoms with E-state index in [0.717, 1.165) is 38.1 Å². The maximum Gasteiger partial charge on any atom is 0.328 e. The summed E-state index contributed by atoms with van der Waals surface area (Å²) < 4.78 is 5.72. The molecule has 2 heterocycles. The van der Waals surface area contributed by atoms with Gasteiger partial charge in [-0.1, -0.05) is 5.16 Å². The fraction of sp³-hybridized carbons (Fsp3) is 0.615. The summed E-state index contributed by atoms with van der Waals surface area (Å²) >= 11 is 0. The summed E-state index contributed by atoms with van der Waals surface area (Å²) in [6, 6.07) is 0. The molecule has 0 aliphatic carbocycles. The molecule has 8 heteroatoms. The summed E-state index contributed by atoms with van der Waals surface area (Å²) in [5.74, 6) is -2.51. The van der Waals surface area contributed by atoms with Crippen molar-refractivity contribution >= 4 is 17.7 Å². The van der Waals surface area contributed by atoms with E-state index in [2.05, 4.69) is 17.1 Å². The summed E-state index contributed by atoms with van der Waals surface area (Å²) in [6.45, 7) is 2.68. The molecule has 2 saturated heterocycles. The van der Waals surface area contributed by atoms with Crippen LogP contribution in [0.1, 0.15) is 19.3 Å². The van der Waals surface area contributed by atoms with Crippen molar-refractivity contribution in [1.82, 2.24) is 4.90 Å². The first-order valence-corrected chi connectivity index (χ1v) is 6.53. The van der Waals surface area contributed by atoms with Crippen molar-refractivity contribution in [1.29, 1.82) is 0 Å². The lowest BCUT2D eigenvalue weighted by Crippen LogP contribution is -2.42. The molecular weight excluding hydrogens is 280 g/mol. The first-order valence-electron chi connectivity index (χ1n) is 6.53. The van der Waals surface area contributed by atoms with Crippen LogP contribution >= 0.6 is 0 Å². The number of aliphatic carboxylic acids is 2. The smallest absolute Gasteiger partial charge is 0.328 e. The summed E-state index contributed by atoms with van der Waals surface area (Å²) in [5, 5.41) is 27.5. The van der Waals surface area contributed by atoms with Crippen LogP contribution in [0.5, 0.6) is 0 Å². The number of piperidine rings is 1. The molecule has 0 atom stereocenters. The van der Waals surface area contributed by atoms with Crippen molar-refractivity contribution in [3.63, 3.8) is 0 Å². The minimum Gasteiger partial charge on any atom is -0.478 e. The minimum absolute atomic E-state index is 0.00588. The molecular formula is C13H20N2O6. The van der Waals surface area contributed by atoms with Gasteiger partial charge in [-0.05, 0) is 19.9 Å². The molecule has 1 spiro atoms. The highest BCUT2D eigenvalue weighted by atomic mass is 16.5. The molecule has 3 N–H and O–H groups in total. The maximum absolute atomic E-state index is 9.55. The zero-order valence-corrected chi connectivity index (χ0v) is 11.9. The number of likely N-dealkylation sites (tertiary alicyclic amines) is 1. The first-order chi connectivity index (χ1) is 9.87. The van der Waals surface area contributed by atoms with Crippen LogP contribution in [0, 0.1) is 0 Å². The Labute approximate surface area is 122 Å². The molecule has 2 rings (SSSR count). The van der Waals surface area contributed by atoms with E-state index in [1.165, 1.54) is 0 Å². The average molecular weight is 300 g/mol. The molecule has 0 aromatic rings. The topological polar surface area (TPSA) is 120 Å². The summed E-state index contributed by atoms with van der Waals surface area (Å²) in [6.07, 6.45) is 4.05. The van der Waals surface area contributed by atoms with Crippen LogP contribution in [0.3, 0.4) is 0 Å². The molecule has 8 nitrogen and oxygen atoms in total. The van der Waals surface area contributed by atoms with Crippen LogP contribution in [0.4, 0.5) is 0 Å². The lowest BCUT2D eigenvalue weighted by atomic mass is 9.88. The van der Waals surface area contributed by atoms with E-state index in [-0.39, 0.29) is 5.60 Å². The van der Waals surface area contributed by atoms with E-state index in [9.17, 15) is 9.59 Å². The van der Waals surface area contributed by atoms with Crippen molar-refractivity contribution in [3.8, 4) is 0 Å². The fourth-order valence-electron chi connectivity index (χ4n) is 2.26. The van der Waals surface area contributed by atoms with Gasteiger partial charge in [0, 0.05) is 31.7 Å². The van der Waals surface area contributed by atoms with Crippen LogP contribution in [-0.2, 0) is 14.3 Å². The normalized spacial score (nSPS) is 23.2. The van der Waals surface area contributed by atoms with Gasteiger partial charge in [0.2, 0.25) is 0 Å². The summed E-state index contributed by atoms with van der Waals surface area (Å²) in [5.41, 5.74) is 0.790. The van der Waals surface area contributed by atoms with E-state index in [0.29, 0.717) is 18.8 Å². The number of carbonyl (C=O) groups is 2. The molecule has 0 radical (unpaired) electrons. The Morgan fingerprint density at radius 1 is 1.24 bits per heavy atom. The molecule has 2 aliphatic rings. The lowest BCUT2D eigenvalue weighted by molar-refractivity contribution is -0.134. The van der Waals surface area contributed by atoms with Gasteiger partial charge in [0.15, 0.2) is 0 Å². The molecule has 118 valence electrons. The van der Waals surface area contributed by atoms with Crippen LogP contribution < -0.4 is 0 Å². The van der Waals surface area contributed by atoms with Gasteiger partial charge in [0.05, 0.1) is 17.9 Å². The third kappa shape index (κ3) is 5.92. The fourth-order valence-corrected chi connectivity index (χ4v) is 2.26. The van der Waals surface area contributed by atoms with Crippen LogP contribution in [-0.4, -0.2) is 70.3 Å². The maximum atomic E-state index is 9.55. The molecule has 21 heavy (non-hydrogen) atoms. The SMILES string of the molecule is CN1CCC2(CC1)C/C(=N/O)CO2.O=C(O)/C=C\C(=O)O. The van der Waals surface area contributed by atoms with E-state index >= 15 is 0 Å². The number of carboxylic acids is 2. The summed E-state index contributed by atoms with van der Waals surface area (Å²) in [4.78, 5) is 21.4. The largest absolute Gasteiger partial charge is 0.478 e. The summed E-state index contributed by atoms with van der Waals surface area (Å²) in [7, 11) is 2.13. The van der Waals surface area contributed by atoms with Gasteiger partial charge >= 0.3 is 11.9 Å². The Morgan fingerprint density at radius 3 is 2.14 bits per heavy atom. The van der Waals surface area contributed by atoms with Crippen LogP contribution in [0.15, 0.2) is 17.3 Å². The Balaban J connectivity index is 0.000000240.